The zero-order valence-corrected chi connectivity index (χ0v) is 10.2. The first-order valence-corrected chi connectivity index (χ1v) is 6.30. The number of aromatic nitrogens is 3. The van der Waals surface area contributed by atoms with Crippen molar-refractivity contribution in [2.24, 2.45) is 17.6 Å². The lowest BCUT2D eigenvalue weighted by Crippen LogP contribution is -2.19. The van der Waals surface area contributed by atoms with E-state index in [1.54, 1.807) is 0 Å². The first kappa shape index (κ1) is 11.6. The average Bonchev–Trinajstić information content (AvgIpc) is 2.98. The minimum Gasteiger partial charge on any atom is -0.330 e. The van der Waals surface area contributed by atoms with Crippen molar-refractivity contribution in [2.75, 3.05) is 6.54 Å². The maximum absolute atomic E-state index is 5.79. The first-order chi connectivity index (χ1) is 7.69. The summed E-state index contributed by atoms with van der Waals surface area (Å²) in [7, 11) is 0. The molecule has 1 heterocycles. The number of rotatable bonds is 6. The number of hydrogen-bond donors (Lipinski definition) is 2. The van der Waals surface area contributed by atoms with Crippen molar-refractivity contribution in [3.8, 4) is 0 Å². The van der Waals surface area contributed by atoms with Gasteiger partial charge < -0.3 is 5.73 Å². The quantitative estimate of drug-likeness (QED) is 0.771. The molecule has 2 rings (SSSR count). The molecule has 1 aromatic rings. The van der Waals surface area contributed by atoms with Gasteiger partial charge in [0.15, 0.2) is 5.82 Å². The number of hydrogen-bond acceptors (Lipinski definition) is 3. The molecule has 0 amide bonds. The molecule has 1 fully saturated rings. The molecule has 1 atom stereocenters. The molecule has 1 aromatic heterocycles. The molecular formula is C12H22N4. The lowest BCUT2D eigenvalue weighted by atomic mass is 9.94. The summed E-state index contributed by atoms with van der Waals surface area (Å²) < 4.78 is 0. The molecule has 0 bridgehead atoms. The topological polar surface area (TPSA) is 67.6 Å². The summed E-state index contributed by atoms with van der Waals surface area (Å²) in [6.45, 7) is 5.20. The summed E-state index contributed by atoms with van der Waals surface area (Å²) in [6, 6.07) is 0. The Bertz CT molecular complexity index is 328. The van der Waals surface area contributed by atoms with Crippen molar-refractivity contribution in [2.45, 2.75) is 45.4 Å². The van der Waals surface area contributed by atoms with Gasteiger partial charge in [-0.15, -0.1) is 0 Å². The minimum atomic E-state index is 0.528. The highest BCUT2D eigenvalue weighted by Gasteiger charge is 2.27. The molecule has 1 saturated carbocycles. The van der Waals surface area contributed by atoms with Crippen molar-refractivity contribution in [1.82, 2.24) is 15.2 Å². The molecule has 16 heavy (non-hydrogen) atoms. The van der Waals surface area contributed by atoms with Crippen LogP contribution in [0.5, 0.6) is 0 Å². The van der Waals surface area contributed by atoms with Crippen molar-refractivity contribution >= 4 is 0 Å². The van der Waals surface area contributed by atoms with Crippen LogP contribution in [-0.4, -0.2) is 21.7 Å². The number of nitrogens with zero attached hydrogens (tertiary/aromatic N) is 2. The molecule has 0 radical (unpaired) electrons. The number of nitrogens with one attached hydrogen (secondary N) is 1. The number of aromatic amines is 1. The van der Waals surface area contributed by atoms with E-state index in [2.05, 4.69) is 29.0 Å². The Balaban J connectivity index is 1.90. The smallest absolute Gasteiger partial charge is 0.153 e. The van der Waals surface area contributed by atoms with Gasteiger partial charge in [0.2, 0.25) is 0 Å². The Morgan fingerprint density at radius 3 is 2.75 bits per heavy atom. The van der Waals surface area contributed by atoms with Crippen LogP contribution in [0.2, 0.25) is 0 Å². The van der Waals surface area contributed by atoms with Gasteiger partial charge >= 0.3 is 0 Å². The third-order valence-corrected chi connectivity index (χ3v) is 3.11. The Hall–Kier alpha value is -0.900. The van der Waals surface area contributed by atoms with Crippen molar-refractivity contribution < 1.29 is 0 Å². The molecule has 1 unspecified atom stereocenters. The van der Waals surface area contributed by atoms with Crippen LogP contribution in [0.1, 0.15) is 50.7 Å². The third kappa shape index (κ3) is 3.04. The highest BCUT2D eigenvalue weighted by molar-refractivity contribution is 5.05. The number of H-pyrrole nitrogens is 1. The summed E-state index contributed by atoms with van der Waals surface area (Å²) in [5.41, 5.74) is 5.79. The summed E-state index contributed by atoms with van der Waals surface area (Å²) >= 11 is 0. The Morgan fingerprint density at radius 1 is 1.44 bits per heavy atom. The van der Waals surface area contributed by atoms with Gasteiger partial charge in [0.1, 0.15) is 5.82 Å². The van der Waals surface area contributed by atoms with Crippen LogP contribution in [-0.2, 0) is 6.42 Å². The van der Waals surface area contributed by atoms with Crippen LogP contribution >= 0.6 is 0 Å². The lowest BCUT2D eigenvalue weighted by molar-refractivity contribution is 0.409. The standard InChI is InChI=1S/C12H22N4/c1-8(2)5-9(7-13)6-11-14-12(16-15-11)10-3-4-10/h8-10H,3-7,13H2,1-2H3,(H,14,15,16). The van der Waals surface area contributed by atoms with Crippen molar-refractivity contribution in [1.29, 1.82) is 0 Å². The Kier molecular flexibility index (Phi) is 3.59. The Morgan fingerprint density at radius 2 is 2.19 bits per heavy atom. The fraction of sp³-hybridized carbons (Fsp3) is 0.833. The number of nitrogens with two attached hydrogens (primary N) is 1. The van der Waals surface area contributed by atoms with Crippen molar-refractivity contribution in [3.05, 3.63) is 11.6 Å². The zero-order valence-electron chi connectivity index (χ0n) is 10.2. The highest BCUT2D eigenvalue weighted by atomic mass is 15.2. The second-order valence-electron chi connectivity index (χ2n) is 5.35. The van der Waals surface area contributed by atoms with E-state index in [0.717, 1.165) is 31.0 Å². The van der Waals surface area contributed by atoms with Crippen LogP contribution in [0.25, 0.3) is 0 Å². The molecule has 3 N–H and O–H groups in total. The van der Waals surface area contributed by atoms with E-state index in [4.69, 9.17) is 5.73 Å². The molecule has 0 aromatic carbocycles. The summed E-state index contributed by atoms with van der Waals surface area (Å²) in [4.78, 5) is 4.55. The molecule has 0 saturated heterocycles. The summed E-state index contributed by atoms with van der Waals surface area (Å²) in [5.74, 6) is 3.87. The van der Waals surface area contributed by atoms with Crippen LogP contribution in [0.4, 0.5) is 0 Å². The van der Waals surface area contributed by atoms with Crippen molar-refractivity contribution in [3.63, 3.8) is 0 Å². The molecular weight excluding hydrogens is 200 g/mol. The molecule has 90 valence electrons. The van der Waals surface area contributed by atoms with Crippen LogP contribution in [0, 0.1) is 11.8 Å². The zero-order chi connectivity index (χ0) is 11.5. The van der Waals surface area contributed by atoms with Gasteiger partial charge in [0.05, 0.1) is 0 Å². The predicted octanol–water partition coefficient (Wildman–Crippen LogP) is 1.85. The first-order valence-electron chi connectivity index (χ1n) is 6.30. The van der Waals surface area contributed by atoms with E-state index >= 15 is 0 Å². The average molecular weight is 222 g/mol. The Labute approximate surface area is 97.0 Å². The van der Waals surface area contributed by atoms with E-state index in [1.165, 1.54) is 12.8 Å². The third-order valence-electron chi connectivity index (χ3n) is 3.11. The fourth-order valence-electron chi connectivity index (χ4n) is 2.13. The van der Waals surface area contributed by atoms with Gasteiger partial charge in [-0.1, -0.05) is 13.8 Å². The molecule has 1 aliphatic carbocycles. The second-order valence-corrected chi connectivity index (χ2v) is 5.35. The maximum atomic E-state index is 5.79. The van der Waals surface area contributed by atoms with Gasteiger partial charge in [0, 0.05) is 12.3 Å². The van der Waals surface area contributed by atoms with E-state index in [-0.39, 0.29) is 0 Å². The minimum absolute atomic E-state index is 0.528. The molecule has 1 aliphatic rings. The van der Waals surface area contributed by atoms with E-state index in [0.29, 0.717) is 17.8 Å². The predicted molar refractivity (Wildman–Crippen MR) is 64.1 cm³/mol. The van der Waals surface area contributed by atoms with Crippen LogP contribution in [0.3, 0.4) is 0 Å². The molecule has 0 spiro atoms. The summed E-state index contributed by atoms with van der Waals surface area (Å²) in [6.07, 6.45) is 4.61. The van der Waals surface area contributed by atoms with Crippen LogP contribution < -0.4 is 5.73 Å². The normalized spacial score (nSPS) is 18.0. The van der Waals surface area contributed by atoms with E-state index < -0.39 is 0 Å². The van der Waals surface area contributed by atoms with Gasteiger partial charge in [-0.05, 0) is 37.6 Å². The maximum Gasteiger partial charge on any atom is 0.153 e. The lowest BCUT2D eigenvalue weighted by Gasteiger charge is -2.15. The molecule has 0 aliphatic heterocycles. The monoisotopic (exact) mass is 222 g/mol. The van der Waals surface area contributed by atoms with Gasteiger partial charge in [0.25, 0.3) is 0 Å². The van der Waals surface area contributed by atoms with Crippen LogP contribution in [0.15, 0.2) is 0 Å². The van der Waals surface area contributed by atoms with E-state index in [9.17, 15) is 0 Å². The molecule has 4 heteroatoms. The van der Waals surface area contributed by atoms with Gasteiger partial charge in [-0.2, -0.15) is 5.10 Å². The molecule has 4 nitrogen and oxygen atoms in total. The SMILES string of the molecule is CC(C)CC(CN)Cc1nc(C2CC2)n[nH]1. The highest BCUT2D eigenvalue weighted by Crippen LogP contribution is 2.37. The second kappa shape index (κ2) is 4.95. The largest absolute Gasteiger partial charge is 0.330 e. The van der Waals surface area contributed by atoms with E-state index in [1.807, 2.05) is 0 Å². The van der Waals surface area contributed by atoms with Gasteiger partial charge in [-0.25, -0.2) is 4.98 Å². The fourth-order valence-corrected chi connectivity index (χ4v) is 2.13. The van der Waals surface area contributed by atoms with Gasteiger partial charge in [-0.3, -0.25) is 5.10 Å². The summed E-state index contributed by atoms with van der Waals surface area (Å²) in [5, 5.41) is 7.32.